The normalized spacial score (nSPS) is 35.4. The first-order valence-electron chi connectivity index (χ1n) is 8.06. The first-order chi connectivity index (χ1) is 10.2. The van der Waals surface area contributed by atoms with Gasteiger partial charge in [-0.3, -0.25) is 0 Å². The zero-order valence-electron chi connectivity index (χ0n) is 12.5. The Morgan fingerprint density at radius 1 is 1.33 bits per heavy atom. The van der Waals surface area contributed by atoms with Crippen molar-refractivity contribution in [1.29, 1.82) is 0 Å². The van der Waals surface area contributed by atoms with Crippen LogP contribution in [0.1, 0.15) is 44.9 Å². The van der Waals surface area contributed by atoms with Gasteiger partial charge in [0.25, 0.3) is 0 Å². The monoisotopic (exact) mass is 307 g/mol. The molecule has 0 N–H and O–H groups in total. The fraction of sp³-hybridized carbons (Fsp3) is 0.750. The van der Waals surface area contributed by atoms with Gasteiger partial charge in [0.1, 0.15) is 16.8 Å². The van der Waals surface area contributed by atoms with Crippen molar-refractivity contribution in [3.05, 3.63) is 17.0 Å². The van der Waals surface area contributed by atoms with Gasteiger partial charge in [0, 0.05) is 18.0 Å². The Balaban J connectivity index is 1.70. The van der Waals surface area contributed by atoms with Gasteiger partial charge in [-0.15, -0.1) is 0 Å². The smallest absolute Gasteiger partial charge is 0.138 e. The van der Waals surface area contributed by atoms with Crippen LogP contribution in [-0.2, 0) is 10.2 Å². The minimum atomic E-state index is 0.208. The highest BCUT2D eigenvalue weighted by molar-refractivity contribution is 6.29. The maximum atomic E-state index is 6.32. The number of nitrogens with zero attached hydrogens (tertiary/aromatic N) is 3. The Hall–Kier alpha value is -0.870. The average molecular weight is 308 g/mol. The SMILES string of the molecule is C[C@H]1COCCN1c1cc(Cl)nc(C23CCC(CC2)C3)n1. The van der Waals surface area contributed by atoms with Gasteiger partial charge in [-0.05, 0) is 44.9 Å². The largest absolute Gasteiger partial charge is 0.377 e. The van der Waals surface area contributed by atoms with E-state index in [0.717, 1.165) is 37.3 Å². The molecular formula is C16H22ClN3O. The fourth-order valence-electron chi connectivity index (χ4n) is 4.36. The first-order valence-corrected chi connectivity index (χ1v) is 8.44. The average Bonchev–Trinajstić information content (AvgIpc) is 3.09. The Kier molecular flexibility index (Phi) is 3.34. The lowest BCUT2D eigenvalue weighted by atomic mass is 9.83. The van der Waals surface area contributed by atoms with Gasteiger partial charge in [0.2, 0.25) is 0 Å². The van der Waals surface area contributed by atoms with E-state index in [2.05, 4.69) is 16.8 Å². The van der Waals surface area contributed by atoms with Crippen LogP contribution in [0.5, 0.6) is 0 Å². The zero-order chi connectivity index (χ0) is 14.4. The molecule has 3 fully saturated rings. The molecule has 0 spiro atoms. The minimum Gasteiger partial charge on any atom is -0.377 e. The maximum absolute atomic E-state index is 6.32. The van der Waals surface area contributed by atoms with E-state index in [1.807, 2.05) is 6.07 Å². The maximum Gasteiger partial charge on any atom is 0.138 e. The van der Waals surface area contributed by atoms with E-state index in [1.165, 1.54) is 32.1 Å². The van der Waals surface area contributed by atoms with Crippen molar-refractivity contribution in [3.63, 3.8) is 0 Å². The molecule has 2 bridgehead atoms. The minimum absolute atomic E-state index is 0.208. The van der Waals surface area contributed by atoms with Crippen LogP contribution in [0.2, 0.25) is 5.15 Å². The number of halogens is 1. The Morgan fingerprint density at radius 3 is 2.81 bits per heavy atom. The van der Waals surface area contributed by atoms with E-state index >= 15 is 0 Å². The highest BCUT2D eigenvalue weighted by Crippen LogP contribution is 2.54. The molecule has 21 heavy (non-hydrogen) atoms. The van der Waals surface area contributed by atoms with Crippen LogP contribution in [0.4, 0.5) is 5.82 Å². The predicted octanol–water partition coefficient (Wildman–Crippen LogP) is 3.19. The van der Waals surface area contributed by atoms with Crippen LogP contribution in [-0.4, -0.2) is 35.8 Å². The highest BCUT2D eigenvalue weighted by atomic mass is 35.5. The van der Waals surface area contributed by atoms with Gasteiger partial charge in [0.05, 0.1) is 19.3 Å². The zero-order valence-corrected chi connectivity index (χ0v) is 13.3. The van der Waals surface area contributed by atoms with E-state index in [4.69, 9.17) is 21.3 Å². The van der Waals surface area contributed by atoms with Crippen molar-refractivity contribution in [1.82, 2.24) is 9.97 Å². The summed E-state index contributed by atoms with van der Waals surface area (Å²) >= 11 is 6.32. The van der Waals surface area contributed by atoms with Crippen LogP contribution < -0.4 is 4.90 Å². The second-order valence-electron chi connectivity index (χ2n) is 6.92. The van der Waals surface area contributed by atoms with Crippen molar-refractivity contribution in [2.24, 2.45) is 5.92 Å². The van der Waals surface area contributed by atoms with Crippen molar-refractivity contribution in [2.45, 2.75) is 50.5 Å². The molecule has 4 nitrogen and oxygen atoms in total. The van der Waals surface area contributed by atoms with Crippen molar-refractivity contribution >= 4 is 17.4 Å². The summed E-state index contributed by atoms with van der Waals surface area (Å²) in [5.41, 5.74) is 0.208. The second kappa shape index (κ2) is 5.10. The number of hydrogen-bond acceptors (Lipinski definition) is 4. The Bertz CT molecular complexity index is 542. The standard InChI is InChI=1S/C16H22ClN3O/c1-11-10-21-7-6-20(11)14-8-13(17)18-15(19-14)16-4-2-12(9-16)3-5-16/h8,11-12H,2-7,9-10H2,1H3/t11-,12?,16?/m0/s1. The molecule has 2 aliphatic carbocycles. The lowest BCUT2D eigenvalue weighted by Crippen LogP contribution is -2.44. The Morgan fingerprint density at radius 2 is 2.14 bits per heavy atom. The number of ether oxygens (including phenoxy) is 1. The van der Waals surface area contributed by atoms with E-state index < -0.39 is 0 Å². The molecule has 0 amide bonds. The Labute approximate surface area is 130 Å². The summed E-state index contributed by atoms with van der Waals surface area (Å²) in [4.78, 5) is 11.8. The van der Waals surface area contributed by atoms with Crippen molar-refractivity contribution < 1.29 is 4.74 Å². The quantitative estimate of drug-likeness (QED) is 0.787. The molecule has 2 saturated carbocycles. The van der Waals surface area contributed by atoms with Crippen molar-refractivity contribution in [2.75, 3.05) is 24.7 Å². The number of morpholine rings is 1. The lowest BCUT2D eigenvalue weighted by Gasteiger charge is -2.35. The third kappa shape index (κ3) is 2.33. The summed E-state index contributed by atoms with van der Waals surface area (Å²) in [6, 6.07) is 2.25. The molecule has 2 heterocycles. The summed E-state index contributed by atoms with van der Waals surface area (Å²) in [5.74, 6) is 2.85. The second-order valence-corrected chi connectivity index (χ2v) is 7.30. The number of aromatic nitrogens is 2. The van der Waals surface area contributed by atoms with E-state index in [9.17, 15) is 0 Å². The third-order valence-corrected chi connectivity index (χ3v) is 5.75. The molecule has 5 heteroatoms. The summed E-state index contributed by atoms with van der Waals surface area (Å²) in [7, 11) is 0. The van der Waals surface area contributed by atoms with Crippen LogP contribution in [0.3, 0.4) is 0 Å². The molecule has 1 aromatic rings. The first kappa shape index (κ1) is 13.8. The molecule has 1 atom stereocenters. The van der Waals surface area contributed by atoms with Gasteiger partial charge in [-0.2, -0.15) is 0 Å². The summed E-state index contributed by atoms with van der Waals surface area (Å²) in [6.07, 6.45) is 6.38. The molecule has 0 unspecified atom stereocenters. The number of hydrogen-bond donors (Lipinski definition) is 0. The lowest BCUT2D eigenvalue weighted by molar-refractivity contribution is 0.0984. The molecule has 1 aliphatic heterocycles. The molecule has 114 valence electrons. The van der Waals surface area contributed by atoms with Crippen LogP contribution in [0.25, 0.3) is 0 Å². The van der Waals surface area contributed by atoms with Crippen LogP contribution >= 0.6 is 11.6 Å². The summed E-state index contributed by atoms with van der Waals surface area (Å²) < 4.78 is 5.52. The van der Waals surface area contributed by atoms with Gasteiger partial charge in [-0.25, -0.2) is 9.97 Å². The summed E-state index contributed by atoms with van der Waals surface area (Å²) in [5, 5.41) is 0.582. The van der Waals surface area contributed by atoms with Gasteiger partial charge >= 0.3 is 0 Å². The van der Waals surface area contributed by atoms with Crippen LogP contribution in [0.15, 0.2) is 6.07 Å². The third-order valence-electron chi connectivity index (χ3n) is 5.56. The fourth-order valence-corrected chi connectivity index (χ4v) is 4.54. The van der Waals surface area contributed by atoms with E-state index in [-0.39, 0.29) is 5.41 Å². The predicted molar refractivity (Wildman–Crippen MR) is 82.9 cm³/mol. The molecule has 0 aromatic carbocycles. The van der Waals surface area contributed by atoms with E-state index in [0.29, 0.717) is 11.2 Å². The number of fused-ring (bicyclic) bond motifs is 2. The van der Waals surface area contributed by atoms with Crippen LogP contribution in [0, 0.1) is 5.92 Å². The molecule has 1 aromatic heterocycles. The van der Waals surface area contributed by atoms with Gasteiger partial charge in [-0.1, -0.05) is 11.6 Å². The van der Waals surface area contributed by atoms with Gasteiger partial charge in [0.15, 0.2) is 0 Å². The summed E-state index contributed by atoms with van der Waals surface area (Å²) in [6.45, 7) is 4.57. The molecule has 0 radical (unpaired) electrons. The molecule has 3 aliphatic rings. The topological polar surface area (TPSA) is 38.2 Å². The van der Waals surface area contributed by atoms with Crippen molar-refractivity contribution in [3.8, 4) is 0 Å². The molecular weight excluding hydrogens is 286 g/mol. The van der Waals surface area contributed by atoms with E-state index in [1.54, 1.807) is 0 Å². The molecule has 1 saturated heterocycles. The number of rotatable bonds is 2. The number of anilines is 1. The van der Waals surface area contributed by atoms with Gasteiger partial charge < -0.3 is 9.64 Å². The highest BCUT2D eigenvalue weighted by Gasteiger charge is 2.48. The molecule has 4 rings (SSSR count).